The first-order valence-corrected chi connectivity index (χ1v) is 7.59. The number of carbonyl (C=O) groups excluding carboxylic acids is 1. The van der Waals surface area contributed by atoms with Crippen LogP contribution in [0.3, 0.4) is 0 Å². The van der Waals surface area contributed by atoms with Crippen LogP contribution in [0.15, 0.2) is 24.3 Å². The van der Waals surface area contributed by atoms with E-state index in [0.717, 1.165) is 5.56 Å². The third-order valence-corrected chi connectivity index (χ3v) is 5.22. The number of hydrogen-bond donors (Lipinski definition) is 2. The molecule has 0 unspecified atom stereocenters. The standard InChI is InChI=1S/C17H19NO5/c1-10(2)11-4-3-5-12(6-11)13(19)18-8-16(14(20)21)7-17(16,9-18)15(22)23/h3-6,10H,7-9H2,1-2H3,(H,20,21)(H,22,23)/t16-,17+. The lowest BCUT2D eigenvalue weighted by Gasteiger charge is -2.20. The molecule has 122 valence electrons. The van der Waals surface area contributed by atoms with Crippen molar-refractivity contribution in [2.24, 2.45) is 10.8 Å². The lowest BCUT2D eigenvalue weighted by molar-refractivity contribution is -0.151. The van der Waals surface area contributed by atoms with E-state index in [1.807, 2.05) is 19.9 Å². The fourth-order valence-electron chi connectivity index (χ4n) is 3.65. The monoisotopic (exact) mass is 317 g/mol. The van der Waals surface area contributed by atoms with Crippen molar-refractivity contribution in [3.63, 3.8) is 0 Å². The zero-order valence-electron chi connectivity index (χ0n) is 13.1. The van der Waals surface area contributed by atoms with Crippen LogP contribution >= 0.6 is 0 Å². The van der Waals surface area contributed by atoms with Crippen molar-refractivity contribution in [2.45, 2.75) is 26.2 Å². The molecule has 1 amide bonds. The summed E-state index contributed by atoms with van der Waals surface area (Å²) in [6, 6.07) is 7.19. The van der Waals surface area contributed by atoms with E-state index in [2.05, 4.69) is 0 Å². The van der Waals surface area contributed by atoms with E-state index < -0.39 is 22.8 Å². The van der Waals surface area contributed by atoms with Crippen molar-refractivity contribution in [3.8, 4) is 0 Å². The van der Waals surface area contributed by atoms with E-state index >= 15 is 0 Å². The highest BCUT2D eigenvalue weighted by Crippen LogP contribution is 2.68. The molecule has 1 heterocycles. The summed E-state index contributed by atoms with van der Waals surface area (Å²) in [4.78, 5) is 37.1. The summed E-state index contributed by atoms with van der Waals surface area (Å²) < 4.78 is 0. The molecule has 0 bridgehead atoms. The lowest BCUT2D eigenvalue weighted by Crippen LogP contribution is -2.34. The van der Waals surface area contributed by atoms with E-state index in [-0.39, 0.29) is 31.3 Å². The molecular weight excluding hydrogens is 298 g/mol. The molecule has 0 aromatic heterocycles. The van der Waals surface area contributed by atoms with Crippen LogP contribution in [0.25, 0.3) is 0 Å². The molecular formula is C17H19NO5. The molecule has 1 aromatic rings. The SMILES string of the molecule is CC(C)c1cccc(C(=O)N2C[C@@]3(C(=O)O)C[C@@]3(C(=O)O)C2)c1. The Morgan fingerprint density at radius 2 is 1.65 bits per heavy atom. The number of amides is 1. The Labute approximate surface area is 133 Å². The van der Waals surface area contributed by atoms with Gasteiger partial charge < -0.3 is 15.1 Å². The molecule has 2 N–H and O–H groups in total. The van der Waals surface area contributed by atoms with E-state index in [1.54, 1.807) is 18.2 Å². The zero-order valence-corrected chi connectivity index (χ0v) is 13.1. The minimum Gasteiger partial charge on any atom is -0.481 e. The Balaban J connectivity index is 1.87. The van der Waals surface area contributed by atoms with Crippen LogP contribution in [-0.2, 0) is 9.59 Å². The van der Waals surface area contributed by atoms with Crippen LogP contribution in [0.2, 0.25) is 0 Å². The number of carboxylic acids is 2. The quantitative estimate of drug-likeness (QED) is 0.883. The van der Waals surface area contributed by atoms with Crippen molar-refractivity contribution in [3.05, 3.63) is 35.4 Å². The van der Waals surface area contributed by atoms with Crippen LogP contribution in [0.4, 0.5) is 0 Å². The molecule has 0 spiro atoms. The summed E-state index contributed by atoms with van der Waals surface area (Å²) in [5, 5.41) is 18.8. The van der Waals surface area contributed by atoms with Gasteiger partial charge in [0.05, 0.1) is 0 Å². The molecule has 3 rings (SSSR count). The topological polar surface area (TPSA) is 94.9 Å². The number of aliphatic carboxylic acids is 2. The van der Waals surface area contributed by atoms with Gasteiger partial charge in [-0.05, 0) is 30.0 Å². The average molecular weight is 317 g/mol. The van der Waals surface area contributed by atoms with Crippen LogP contribution < -0.4 is 0 Å². The molecule has 2 atom stereocenters. The maximum absolute atomic E-state index is 12.7. The molecule has 1 aliphatic heterocycles. The Kier molecular flexibility index (Phi) is 3.25. The number of hydrogen-bond acceptors (Lipinski definition) is 3. The molecule has 1 saturated heterocycles. The van der Waals surface area contributed by atoms with Gasteiger partial charge in [-0.1, -0.05) is 26.0 Å². The van der Waals surface area contributed by atoms with Gasteiger partial charge in [0.1, 0.15) is 10.8 Å². The lowest BCUT2D eigenvalue weighted by atomic mass is 9.97. The van der Waals surface area contributed by atoms with Crippen molar-refractivity contribution >= 4 is 17.8 Å². The largest absolute Gasteiger partial charge is 0.481 e. The molecule has 1 aromatic carbocycles. The Morgan fingerprint density at radius 1 is 1.09 bits per heavy atom. The first-order chi connectivity index (χ1) is 10.7. The van der Waals surface area contributed by atoms with Gasteiger partial charge in [-0.2, -0.15) is 0 Å². The smallest absolute Gasteiger partial charge is 0.312 e. The number of carbonyl (C=O) groups is 3. The summed E-state index contributed by atoms with van der Waals surface area (Å²) in [5.41, 5.74) is -1.17. The molecule has 1 aliphatic carbocycles. The normalized spacial score (nSPS) is 28.6. The highest BCUT2D eigenvalue weighted by atomic mass is 16.4. The summed E-state index contributed by atoms with van der Waals surface area (Å²) in [5.74, 6) is -2.30. The molecule has 2 aliphatic rings. The second kappa shape index (κ2) is 4.81. The predicted molar refractivity (Wildman–Crippen MR) is 81.2 cm³/mol. The number of nitrogens with zero attached hydrogens (tertiary/aromatic N) is 1. The van der Waals surface area contributed by atoms with Gasteiger partial charge in [-0.25, -0.2) is 0 Å². The Hall–Kier alpha value is -2.37. The molecule has 2 fully saturated rings. The second-order valence-electron chi connectivity index (χ2n) is 6.89. The fourth-order valence-corrected chi connectivity index (χ4v) is 3.65. The third-order valence-electron chi connectivity index (χ3n) is 5.22. The Morgan fingerprint density at radius 3 is 2.13 bits per heavy atom. The Bertz CT molecular complexity index is 685. The summed E-state index contributed by atoms with van der Waals surface area (Å²) in [6.45, 7) is 3.96. The van der Waals surface area contributed by atoms with Gasteiger partial charge >= 0.3 is 11.9 Å². The molecule has 6 nitrogen and oxygen atoms in total. The molecule has 0 radical (unpaired) electrons. The molecule has 6 heteroatoms. The first-order valence-electron chi connectivity index (χ1n) is 7.59. The molecule has 23 heavy (non-hydrogen) atoms. The van der Waals surface area contributed by atoms with Crippen molar-refractivity contribution in [1.29, 1.82) is 0 Å². The average Bonchev–Trinajstić information content (AvgIpc) is 3.05. The summed E-state index contributed by atoms with van der Waals surface area (Å²) in [6.07, 6.45) is 0.0977. The number of piperidine rings is 1. The number of benzene rings is 1. The highest BCUT2D eigenvalue weighted by molar-refractivity contribution is 6.00. The third kappa shape index (κ3) is 2.04. The van der Waals surface area contributed by atoms with Crippen molar-refractivity contribution in [2.75, 3.05) is 13.1 Å². The summed E-state index contributed by atoms with van der Waals surface area (Å²) >= 11 is 0. The van der Waals surface area contributed by atoms with Gasteiger partial charge in [0.25, 0.3) is 5.91 Å². The van der Waals surface area contributed by atoms with Gasteiger partial charge in [0.2, 0.25) is 0 Å². The van der Waals surface area contributed by atoms with E-state index in [4.69, 9.17) is 0 Å². The number of likely N-dealkylation sites (tertiary alicyclic amines) is 1. The minimum absolute atomic E-state index is 0.0423. The summed E-state index contributed by atoms with van der Waals surface area (Å²) in [7, 11) is 0. The van der Waals surface area contributed by atoms with E-state index in [0.29, 0.717) is 5.56 Å². The molecule has 1 saturated carbocycles. The predicted octanol–water partition coefficient (Wildman–Crippen LogP) is 1.81. The van der Waals surface area contributed by atoms with Crippen LogP contribution in [0, 0.1) is 10.8 Å². The van der Waals surface area contributed by atoms with Gasteiger partial charge in [-0.3, -0.25) is 14.4 Å². The number of carboxylic acid groups (broad SMARTS) is 2. The van der Waals surface area contributed by atoms with Crippen molar-refractivity contribution in [1.82, 2.24) is 4.90 Å². The highest BCUT2D eigenvalue weighted by Gasteiger charge is 2.81. The number of fused-ring (bicyclic) bond motifs is 1. The maximum Gasteiger partial charge on any atom is 0.312 e. The van der Waals surface area contributed by atoms with Crippen LogP contribution in [-0.4, -0.2) is 46.0 Å². The second-order valence-corrected chi connectivity index (χ2v) is 6.89. The van der Waals surface area contributed by atoms with Crippen LogP contribution in [0.5, 0.6) is 0 Å². The van der Waals surface area contributed by atoms with Gasteiger partial charge in [0.15, 0.2) is 0 Å². The maximum atomic E-state index is 12.7. The van der Waals surface area contributed by atoms with E-state index in [9.17, 15) is 24.6 Å². The van der Waals surface area contributed by atoms with Crippen LogP contribution in [0.1, 0.15) is 42.1 Å². The van der Waals surface area contributed by atoms with E-state index in [1.165, 1.54) is 4.90 Å². The van der Waals surface area contributed by atoms with Gasteiger partial charge in [-0.15, -0.1) is 0 Å². The van der Waals surface area contributed by atoms with Crippen molar-refractivity contribution < 1.29 is 24.6 Å². The first kappa shape index (κ1) is 15.5. The zero-order chi connectivity index (χ0) is 17.0. The van der Waals surface area contributed by atoms with Gasteiger partial charge in [0, 0.05) is 18.7 Å². The number of rotatable bonds is 4. The minimum atomic E-state index is -1.33. The fraction of sp³-hybridized carbons (Fsp3) is 0.471.